The molecule has 0 saturated carbocycles. The molecule has 1 aromatic heterocycles. The van der Waals surface area contributed by atoms with Crippen molar-refractivity contribution in [1.29, 1.82) is 0 Å². The van der Waals surface area contributed by atoms with E-state index in [4.69, 9.17) is 4.74 Å². The van der Waals surface area contributed by atoms with Gasteiger partial charge in [0.05, 0.1) is 0 Å². The van der Waals surface area contributed by atoms with Gasteiger partial charge < -0.3 is 10.1 Å². The highest BCUT2D eigenvalue weighted by Gasteiger charge is 1.98. The molecular formula is C13H13FN2O. The highest BCUT2D eigenvalue weighted by molar-refractivity contribution is 5.34. The van der Waals surface area contributed by atoms with Crippen LogP contribution in [-0.4, -0.2) is 12.0 Å². The SMILES string of the molecule is CNc1ccc(COc2cccc(F)c2)cn1. The predicted octanol–water partition coefficient (Wildman–Crippen LogP) is 2.84. The van der Waals surface area contributed by atoms with Gasteiger partial charge in [0.1, 0.15) is 24.0 Å². The quantitative estimate of drug-likeness (QED) is 0.880. The number of aromatic nitrogens is 1. The molecule has 3 nitrogen and oxygen atoms in total. The lowest BCUT2D eigenvalue weighted by Gasteiger charge is -2.06. The van der Waals surface area contributed by atoms with Crippen LogP contribution in [0.3, 0.4) is 0 Å². The third kappa shape index (κ3) is 3.17. The summed E-state index contributed by atoms with van der Waals surface area (Å²) in [7, 11) is 1.81. The van der Waals surface area contributed by atoms with Crippen LogP contribution in [0.15, 0.2) is 42.6 Å². The summed E-state index contributed by atoms with van der Waals surface area (Å²) >= 11 is 0. The Hall–Kier alpha value is -2.10. The fourth-order valence-corrected chi connectivity index (χ4v) is 1.38. The van der Waals surface area contributed by atoms with E-state index in [1.54, 1.807) is 18.3 Å². The topological polar surface area (TPSA) is 34.1 Å². The van der Waals surface area contributed by atoms with Crippen molar-refractivity contribution >= 4 is 5.82 Å². The van der Waals surface area contributed by atoms with Crippen LogP contribution >= 0.6 is 0 Å². The van der Waals surface area contributed by atoms with E-state index >= 15 is 0 Å². The zero-order chi connectivity index (χ0) is 12.1. The van der Waals surface area contributed by atoms with Crippen molar-refractivity contribution < 1.29 is 9.13 Å². The van der Waals surface area contributed by atoms with Crippen molar-refractivity contribution in [1.82, 2.24) is 4.98 Å². The van der Waals surface area contributed by atoms with Crippen LogP contribution in [0.25, 0.3) is 0 Å². The molecule has 0 spiro atoms. The minimum Gasteiger partial charge on any atom is -0.489 e. The summed E-state index contributed by atoms with van der Waals surface area (Å²) in [6.07, 6.45) is 1.73. The van der Waals surface area contributed by atoms with E-state index in [0.717, 1.165) is 11.4 Å². The molecule has 1 heterocycles. The van der Waals surface area contributed by atoms with Crippen LogP contribution in [0.5, 0.6) is 5.75 Å². The van der Waals surface area contributed by atoms with Crippen LogP contribution < -0.4 is 10.1 Å². The first kappa shape index (κ1) is 11.4. The summed E-state index contributed by atoms with van der Waals surface area (Å²) in [5, 5.41) is 2.93. The molecular weight excluding hydrogens is 219 g/mol. The molecule has 17 heavy (non-hydrogen) atoms. The summed E-state index contributed by atoms with van der Waals surface area (Å²) in [4.78, 5) is 4.16. The zero-order valence-electron chi connectivity index (χ0n) is 9.48. The van der Waals surface area contributed by atoms with Gasteiger partial charge in [-0.1, -0.05) is 12.1 Å². The third-order valence-corrected chi connectivity index (χ3v) is 2.28. The Labute approximate surface area is 99.3 Å². The molecule has 2 rings (SSSR count). The molecule has 0 radical (unpaired) electrons. The average Bonchev–Trinajstić information content (AvgIpc) is 2.37. The maximum absolute atomic E-state index is 12.9. The second-order valence-corrected chi connectivity index (χ2v) is 3.55. The van der Waals surface area contributed by atoms with Crippen molar-refractivity contribution in [2.24, 2.45) is 0 Å². The molecule has 0 aliphatic heterocycles. The Morgan fingerprint density at radius 3 is 2.82 bits per heavy atom. The monoisotopic (exact) mass is 232 g/mol. The van der Waals surface area contributed by atoms with E-state index in [9.17, 15) is 4.39 Å². The molecule has 0 amide bonds. The number of rotatable bonds is 4. The molecule has 0 fully saturated rings. The van der Waals surface area contributed by atoms with Gasteiger partial charge in [0.2, 0.25) is 0 Å². The van der Waals surface area contributed by atoms with Crippen molar-refractivity contribution in [3.05, 3.63) is 54.0 Å². The van der Waals surface area contributed by atoms with Crippen LogP contribution in [0, 0.1) is 5.82 Å². The maximum atomic E-state index is 12.9. The van der Waals surface area contributed by atoms with Crippen molar-refractivity contribution in [3.8, 4) is 5.75 Å². The lowest BCUT2D eigenvalue weighted by Crippen LogP contribution is -1.98. The average molecular weight is 232 g/mol. The summed E-state index contributed by atoms with van der Waals surface area (Å²) in [5.41, 5.74) is 0.938. The molecule has 4 heteroatoms. The smallest absolute Gasteiger partial charge is 0.126 e. The summed E-state index contributed by atoms with van der Waals surface area (Å²) in [5.74, 6) is 1.02. The standard InChI is InChI=1S/C13H13FN2O/c1-15-13-6-5-10(8-16-13)9-17-12-4-2-3-11(14)7-12/h2-8H,9H2,1H3,(H,15,16). The summed E-state index contributed by atoms with van der Waals surface area (Å²) in [6, 6.07) is 9.86. The van der Waals surface area contributed by atoms with Gasteiger partial charge in [0.25, 0.3) is 0 Å². The first-order valence-electron chi connectivity index (χ1n) is 5.29. The fraction of sp³-hybridized carbons (Fsp3) is 0.154. The van der Waals surface area contributed by atoms with Gasteiger partial charge in [-0.15, -0.1) is 0 Å². The number of hydrogen-bond donors (Lipinski definition) is 1. The van der Waals surface area contributed by atoms with Gasteiger partial charge in [-0.25, -0.2) is 9.37 Å². The molecule has 0 bridgehead atoms. The van der Waals surface area contributed by atoms with E-state index in [0.29, 0.717) is 12.4 Å². The lowest BCUT2D eigenvalue weighted by atomic mass is 10.3. The molecule has 0 aliphatic rings. The molecule has 0 unspecified atom stereocenters. The Balaban J connectivity index is 1.97. The largest absolute Gasteiger partial charge is 0.489 e. The molecule has 2 aromatic rings. The second kappa shape index (κ2) is 5.30. The number of ether oxygens (including phenoxy) is 1. The Morgan fingerprint density at radius 1 is 1.29 bits per heavy atom. The predicted molar refractivity (Wildman–Crippen MR) is 64.5 cm³/mol. The fourth-order valence-electron chi connectivity index (χ4n) is 1.38. The first-order valence-corrected chi connectivity index (χ1v) is 5.29. The van der Waals surface area contributed by atoms with Crippen LogP contribution in [0.2, 0.25) is 0 Å². The third-order valence-electron chi connectivity index (χ3n) is 2.28. The van der Waals surface area contributed by atoms with Gasteiger partial charge in [-0.3, -0.25) is 0 Å². The highest BCUT2D eigenvalue weighted by Crippen LogP contribution is 2.14. The molecule has 0 atom stereocenters. The number of nitrogens with zero attached hydrogens (tertiary/aromatic N) is 1. The number of pyridine rings is 1. The Bertz CT molecular complexity index is 485. The normalized spacial score (nSPS) is 10.0. The van der Waals surface area contributed by atoms with E-state index in [-0.39, 0.29) is 5.82 Å². The number of anilines is 1. The van der Waals surface area contributed by atoms with Crippen molar-refractivity contribution in [2.45, 2.75) is 6.61 Å². The highest BCUT2D eigenvalue weighted by atomic mass is 19.1. The van der Waals surface area contributed by atoms with Crippen LogP contribution in [0.1, 0.15) is 5.56 Å². The summed E-state index contributed by atoms with van der Waals surface area (Å²) in [6.45, 7) is 0.375. The van der Waals surface area contributed by atoms with Gasteiger partial charge in [0.15, 0.2) is 0 Å². The van der Waals surface area contributed by atoms with Gasteiger partial charge >= 0.3 is 0 Å². The van der Waals surface area contributed by atoms with E-state index in [1.165, 1.54) is 12.1 Å². The van der Waals surface area contributed by atoms with Gasteiger partial charge in [-0.2, -0.15) is 0 Å². The molecule has 0 saturated heterocycles. The van der Waals surface area contributed by atoms with E-state index in [1.807, 2.05) is 19.2 Å². The van der Waals surface area contributed by atoms with Gasteiger partial charge in [0, 0.05) is 24.9 Å². The van der Waals surface area contributed by atoms with Crippen LogP contribution in [0.4, 0.5) is 10.2 Å². The van der Waals surface area contributed by atoms with Crippen molar-refractivity contribution in [2.75, 3.05) is 12.4 Å². The molecule has 1 N–H and O–H groups in total. The Kier molecular flexibility index (Phi) is 3.55. The number of halogens is 1. The second-order valence-electron chi connectivity index (χ2n) is 3.55. The van der Waals surface area contributed by atoms with E-state index < -0.39 is 0 Å². The number of benzene rings is 1. The van der Waals surface area contributed by atoms with Crippen molar-refractivity contribution in [3.63, 3.8) is 0 Å². The Morgan fingerprint density at radius 2 is 2.18 bits per heavy atom. The lowest BCUT2D eigenvalue weighted by molar-refractivity contribution is 0.304. The number of hydrogen-bond acceptors (Lipinski definition) is 3. The minimum absolute atomic E-state index is 0.300. The van der Waals surface area contributed by atoms with E-state index in [2.05, 4.69) is 10.3 Å². The number of nitrogens with one attached hydrogen (secondary N) is 1. The molecule has 1 aromatic carbocycles. The van der Waals surface area contributed by atoms with Gasteiger partial charge in [-0.05, 0) is 18.2 Å². The first-order chi connectivity index (χ1) is 8.28. The minimum atomic E-state index is -0.300. The summed E-state index contributed by atoms with van der Waals surface area (Å²) < 4.78 is 18.3. The zero-order valence-corrected chi connectivity index (χ0v) is 9.48. The molecule has 0 aliphatic carbocycles. The molecule has 88 valence electrons. The van der Waals surface area contributed by atoms with Crippen LogP contribution in [-0.2, 0) is 6.61 Å². The maximum Gasteiger partial charge on any atom is 0.126 e.